The number of hydrogen-bond donors (Lipinski definition) is 2. The standard InChI is InChI=1S/C27H22F2N6O/c1-16(18-4-6-21(28)7-5-18)8-25(36)22-9-17(11-30)12-34-27(22)35-13-20-3-2-19(10-23(20)29)24-14-33-26(31)15-32-24/h2-7,9-10,12,14-16H,8,13H2,1H3,(H2,31,33)(H,34,35)/t16-/m1/s1. The molecular weight excluding hydrogens is 462 g/mol. The maximum Gasteiger partial charge on any atom is 0.167 e. The lowest BCUT2D eigenvalue weighted by molar-refractivity contribution is 0.0976. The van der Waals surface area contributed by atoms with Crippen molar-refractivity contribution in [1.29, 1.82) is 5.26 Å². The van der Waals surface area contributed by atoms with Gasteiger partial charge < -0.3 is 11.1 Å². The molecule has 7 nitrogen and oxygen atoms in total. The molecule has 180 valence electrons. The van der Waals surface area contributed by atoms with Gasteiger partial charge in [-0.3, -0.25) is 9.78 Å². The summed E-state index contributed by atoms with van der Waals surface area (Å²) in [5.74, 6) is -0.721. The van der Waals surface area contributed by atoms with Crippen molar-refractivity contribution < 1.29 is 13.6 Å². The molecule has 0 unspecified atom stereocenters. The average molecular weight is 485 g/mol. The van der Waals surface area contributed by atoms with Crippen molar-refractivity contribution in [2.75, 3.05) is 11.1 Å². The quantitative estimate of drug-likeness (QED) is 0.328. The van der Waals surface area contributed by atoms with Crippen molar-refractivity contribution in [2.24, 2.45) is 0 Å². The van der Waals surface area contributed by atoms with Gasteiger partial charge in [0.05, 0.1) is 29.2 Å². The van der Waals surface area contributed by atoms with E-state index in [1.54, 1.807) is 24.3 Å². The molecular formula is C27H22F2N6O. The number of rotatable bonds is 8. The maximum absolute atomic E-state index is 14.8. The Balaban J connectivity index is 1.51. The maximum atomic E-state index is 14.8. The predicted molar refractivity (Wildman–Crippen MR) is 132 cm³/mol. The number of nitrogens with one attached hydrogen (secondary N) is 1. The highest BCUT2D eigenvalue weighted by atomic mass is 19.1. The summed E-state index contributed by atoms with van der Waals surface area (Å²) in [5, 5.41) is 12.3. The van der Waals surface area contributed by atoms with Crippen LogP contribution >= 0.6 is 0 Å². The number of halogens is 2. The van der Waals surface area contributed by atoms with E-state index in [9.17, 15) is 18.8 Å². The fraction of sp³-hybridized carbons (Fsp3) is 0.148. The molecule has 0 spiro atoms. The smallest absolute Gasteiger partial charge is 0.167 e. The Bertz CT molecular complexity index is 1430. The Hall–Kier alpha value is -4.71. The highest BCUT2D eigenvalue weighted by molar-refractivity contribution is 6.01. The topological polar surface area (TPSA) is 118 Å². The third-order valence-electron chi connectivity index (χ3n) is 5.71. The minimum atomic E-state index is -0.468. The molecule has 0 aliphatic heterocycles. The van der Waals surface area contributed by atoms with Gasteiger partial charge in [-0.1, -0.05) is 31.2 Å². The summed E-state index contributed by atoms with van der Waals surface area (Å²) >= 11 is 0. The first-order valence-electron chi connectivity index (χ1n) is 11.1. The van der Waals surface area contributed by atoms with Crippen molar-refractivity contribution in [3.8, 4) is 17.3 Å². The molecule has 4 rings (SSSR count). The van der Waals surface area contributed by atoms with Gasteiger partial charge in [-0.2, -0.15) is 5.26 Å². The number of anilines is 2. The summed E-state index contributed by atoms with van der Waals surface area (Å²) in [6, 6.07) is 14.1. The third kappa shape index (κ3) is 5.67. The molecule has 1 atom stereocenters. The molecule has 0 aliphatic rings. The van der Waals surface area contributed by atoms with Crippen LogP contribution in [-0.4, -0.2) is 20.7 Å². The number of nitrogens with zero attached hydrogens (tertiary/aromatic N) is 4. The summed E-state index contributed by atoms with van der Waals surface area (Å²) in [4.78, 5) is 25.5. The Morgan fingerprint density at radius 3 is 2.50 bits per heavy atom. The molecule has 0 saturated heterocycles. The number of carbonyl (C=O) groups excluding carboxylic acids is 1. The molecule has 0 fully saturated rings. The van der Waals surface area contributed by atoms with Gasteiger partial charge in [0, 0.05) is 30.3 Å². The summed E-state index contributed by atoms with van der Waals surface area (Å²) in [6.45, 7) is 1.93. The first kappa shape index (κ1) is 24.4. The number of pyridine rings is 1. The van der Waals surface area contributed by atoms with Crippen LogP contribution in [0.3, 0.4) is 0 Å². The molecule has 36 heavy (non-hydrogen) atoms. The zero-order valence-electron chi connectivity index (χ0n) is 19.4. The molecule has 0 saturated carbocycles. The highest BCUT2D eigenvalue weighted by Crippen LogP contribution is 2.26. The number of Topliss-reactive ketones (excluding diaryl/α,β-unsaturated/α-hetero) is 1. The molecule has 2 aromatic carbocycles. The van der Waals surface area contributed by atoms with Gasteiger partial charge in [-0.25, -0.2) is 18.7 Å². The van der Waals surface area contributed by atoms with E-state index in [-0.39, 0.29) is 53.2 Å². The van der Waals surface area contributed by atoms with Crippen molar-refractivity contribution in [3.63, 3.8) is 0 Å². The highest BCUT2D eigenvalue weighted by Gasteiger charge is 2.19. The van der Waals surface area contributed by atoms with Crippen LogP contribution in [0.25, 0.3) is 11.3 Å². The van der Waals surface area contributed by atoms with Crippen LogP contribution in [0.2, 0.25) is 0 Å². The Labute approximate surface area is 206 Å². The molecule has 0 radical (unpaired) electrons. The largest absolute Gasteiger partial charge is 0.382 e. The van der Waals surface area contributed by atoms with Crippen LogP contribution in [0.1, 0.15) is 46.3 Å². The summed E-state index contributed by atoms with van der Waals surface area (Å²) < 4.78 is 28.1. The van der Waals surface area contributed by atoms with Crippen LogP contribution in [0.5, 0.6) is 0 Å². The molecule has 0 aliphatic carbocycles. The summed E-state index contributed by atoms with van der Waals surface area (Å²) in [7, 11) is 0. The van der Waals surface area contributed by atoms with E-state index in [2.05, 4.69) is 20.3 Å². The zero-order valence-corrected chi connectivity index (χ0v) is 19.4. The Morgan fingerprint density at radius 1 is 1.06 bits per heavy atom. The monoisotopic (exact) mass is 484 g/mol. The van der Waals surface area contributed by atoms with Crippen molar-refractivity contribution in [3.05, 3.63) is 101 Å². The fourth-order valence-electron chi connectivity index (χ4n) is 3.69. The van der Waals surface area contributed by atoms with Crippen LogP contribution in [-0.2, 0) is 6.54 Å². The Kier molecular flexibility index (Phi) is 7.25. The van der Waals surface area contributed by atoms with Gasteiger partial charge in [-0.05, 0) is 35.7 Å². The first-order valence-corrected chi connectivity index (χ1v) is 11.1. The van der Waals surface area contributed by atoms with E-state index in [1.807, 2.05) is 13.0 Å². The van der Waals surface area contributed by atoms with Crippen LogP contribution in [0.4, 0.5) is 20.4 Å². The normalized spacial score (nSPS) is 11.5. The first-order chi connectivity index (χ1) is 17.3. The predicted octanol–water partition coefficient (Wildman–Crippen LogP) is 5.26. The van der Waals surface area contributed by atoms with Crippen LogP contribution in [0, 0.1) is 23.0 Å². The molecule has 9 heteroatoms. The zero-order chi connectivity index (χ0) is 25.7. The number of nitrogen functional groups attached to an aromatic ring is 1. The van der Waals surface area contributed by atoms with Crippen LogP contribution in [0.15, 0.2) is 67.1 Å². The van der Waals surface area contributed by atoms with Crippen molar-refractivity contribution in [1.82, 2.24) is 15.0 Å². The van der Waals surface area contributed by atoms with E-state index >= 15 is 0 Å². The number of hydrogen-bond acceptors (Lipinski definition) is 7. The average Bonchev–Trinajstić information content (AvgIpc) is 2.88. The lowest BCUT2D eigenvalue weighted by atomic mass is 9.93. The van der Waals surface area contributed by atoms with E-state index in [4.69, 9.17) is 5.73 Å². The SMILES string of the molecule is C[C@H](CC(=O)c1cc(C#N)cnc1NCc1ccc(-c2cnc(N)cn2)cc1F)c1ccc(F)cc1. The van der Waals surface area contributed by atoms with Crippen LogP contribution < -0.4 is 11.1 Å². The minimum Gasteiger partial charge on any atom is -0.382 e. The van der Waals surface area contributed by atoms with E-state index in [1.165, 1.54) is 42.9 Å². The van der Waals surface area contributed by atoms with Crippen molar-refractivity contribution >= 4 is 17.4 Å². The summed E-state index contributed by atoms with van der Waals surface area (Å²) in [6.07, 6.45) is 4.34. The van der Waals surface area contributed by atoms with E-state index in [0.29, 0.717) is 16.8 Å². The number of ketones is 1. The number of nitrogens with two attached hydrogens (primary N) is 1. The van der Waals surface area contributed by atoms with Gasteiger partial charge in [0.15, 0.2) is 5.78 Å². The second kappa shape index (κ2) is 10.7. The minimum absolute atomic E-state index is 0.0617. The van der Waals surface area contributed by atoms with E-state index < -0.39 is 5.82 Å². The molecule has 0 amide bonds. The summed E-state index contributed by atoms with van der Waals surface area (Å²) in [5.41, 5.74) is 8.22. The molecule has 3 N–H and O–H groups in total. The van der Waals surface area contributed by atoms with E-state index in [0.717, 1.165) is 5.56 Å². The molecule has 4 aromatic rings. The molecule has 0 bridgehead atoms. The number of aromatic nitrogens is 3. The second-order valence-corrected chi connectivity index (χ2v) is 8.30. The fourth-order valence-corrected chi connectivity index (χ4v) is 3.69. The van der Waals surface area contributed by atoms with Crippen molar-refractivity contribution in [2.45, 2.75) is 25.8 Å². The second-order valence-electron chi connectivity index (χ2n) is 8.30. The lowest BCUT2D eigenvalue weighted by Crippen LogP contribution is -2.12. The molecule has 2 aromatic heterocycles. The number of carbonyl (C=O) groups is 1. The van der Waals surface area contributed by atoms with Gasteiger partial charge in [0.2, 0.25) is 0 Å². The van der Waals surface area contributed by atoms with Gasteiger partial charge >= 0.3 is 0 Å². The lowest BCUT2D eigenvalue weighted by Gasteiger charge is -2.15. The number of benzene rings is 2. The van der Waals surface area contributed by atoms with Gasteiger partial charge in [0.25, 0.3) is 0 Å². The molecule has 2 heterocycles. The number of nitriles is 1. The third-order valence-corrected chi connectivity index (χ3v) is 5.71. The Morgan fingerprint density at radius 2 is 1.83 bits per heavy atom. The van der Waals surface area contributed by atoms with Gasteiger partial charge in [0.1, 0.15) is 29.3 Å². The van der Waals surface area contributed by atoms with Gasteiger partial charge in [-0.15, -0.1) is 0 Å².